The van der Waals surface area contributed by atoms with Gasteiger partial charge in [0.05, 0.1) is 15.5 Å². The van der Waals surface area contributed by atoms with Gasteiger partial charge in [-0.25, -0.2) is 0 Å². The van der Waals surface area contributed by atoms with Gasteiger partial charge < -0.3 is 4.42 Å². The Balaban J connectivity index is 2.02. The van der Waals surface area contributed by atoms with Crippen molar-refractivity contribution in [3.05, 3.63) is 61.6 Å². The van der Waals surface area contributed by atoms with Crippen molar-refractivity contribution in [1.29, 1.82) is 0 Å². The molecule has 3 rings (SSSR count). The lowest BCUT2D eigenvalue weighted by molar-refractivity contribution is -0.384. The van der Waals surface area contributed by atoms with E-state index in [0.29, 0.717) is 21.2 Å². The van der Waals surface area contributed by atoms with Gasteiger partial charge in [-0.05, 0) is 30.3 Å². The van der Waals surface area contributed by atoms with Crippen molar-refractivity contribution in [2.45, 2.75) is 0 Å². The number of benzene rings is 2. The zero-order valence-electron chi connectivity index (χ0n) is 11.2. The first-order chi connectivity index (χ1) is 11.0. The molecule has 116 valence electrons. The molecule has 0 N–H and O–H groups in total. The van der Waals surface area contributed by atoms with Crippen molar-refractivity contribution < 1.29 is 9.34 Å². The van der Waals surface area contributed by atoms with Gasteiger partial charge in [0.1, 0.15) is 5.02 Å². The van der Waals surface area contributed by atoms with Crippen molar-refractivity contribution in [2.75, 3.05) is 0 Å². The molecule has 0 spiro atoms. The van der Waals surface area contributed by atoms with Gasteiger partial charge in [0, 0.05) is 16.7 Å². The largest absolute Gasteiger partial charge is 0.416 e. The molecule has 0 saturated carbocycles. The predicted molar refractivity (Wildman–Crippen MR) is 86.9 cm³/mol. The monoisotopic (exact) mass is 369 g/mol. The van der Waals surface area contributed by atoms with Gasteiger partial charge in [-0.3, -0.25) is 10.1 Å². The van der Waals surface area contributed by atoms with Crippen LogP contribution in [0.4, 0.5) is 5.69 Å². The highest BCUT2D eigenvalue weighted by atomic mass is 35.5. The fraction of sp³-hybridized carbons (Fsp3) is 0. The number of aromatic nitrogens is 2. The number of nitro groups is 1. The molecule has 0 bridgehead atoms. The second-order valence-corrected chi connectivity index (χ2v) is 5.71. The second kappa shape index (κ2) is 6.16. The SMILES string of the molecule is O=[N+]([O-])c1cc(-c2nnc(-c3ccc(Cl)cc3Cl)o2)ccc1Cl. The summed E-state index contributed by atoms with van der Waals surface area (Å²) < 4.78 is 5.54. The number of nitrogens with zero attached hydrogens (tertiary/aromatic N) is 3. The third-order valence-electron chi connectivity index (χ3n) is 2.98. The van der Waals surface area contributed by atoms with Crippen LogP contribution in [0, 0.1) is 10.1 Å². The molecule has 0 aliphatic heterocycles. The summed E-state index contributed by atoms with van der Waals surface area (Å²) in [5, 5.41) is 19.6. The number of nitro benzene ring substituents is 1. The average molecular weight is 371 g/mol. The molecule has 23 heavy (non-hydrogen) atoms. The zero-order chi connectivity index (χ0) is 16.6. The summed E-state index contributed by atoms with van der Waals surface area (Å²) in [6.07, 6.45) is 0. The lowest BCUT2D eigenvalue weighted by atomic mass is 10.2. The average Bonchev–Trinajstić information content (AvgIpc) is 2.97. The molecule has 0 fully saturated rings. The van der Waals surface area contributed by atoms with Crippen LogP contribution in [0.1, 0.15) is 0 Å². The lowest BCUT2D eigenvalue weighted by Crippen LogP contribution is -1.90. The van der Waals surface area contributed by atoms with Crippen LogP contribution in [0.3, 0.4) is 0 Å². The minimum absolute atomic E-state index is 0.0271. The van der Waals surface area contributed by atoms with E-state index in [9.17, 15) is 10.1 Å². The first-order valence-corrected chi connectivity index (χ1v) is 7.32. The Morgan fingerprint density at radius 3 is 2.39 bits per heavy atom. The van der Waals surface area contributed by atoms with Gasteiger partial charge in [0.25, 0.3) is 5.69 Å². The van der Waals surface area contributed by atoms with Crippen LogP contribution in [0.2, 0.25) is 15.1 Å². The van der Waals surface area contributed by atoms with Gasteiger partial charge in [-0.15, -0.1) is 10.2 Å². The number of halogens is 3. The van der Waals surface area contributed by atoms with E-state index < -0.39 is 4.92 Å². The molecule has 0 saturated heterocycles. The molecule has 2 aromatic carbocycles. The highest BCUT2D eigenvalue weighted by Crippen LogP contribution is 2.33. The Labute approximate surface area is 144 Å². The van der Waals surface area contributed by atoms with Crippen LogP contribution in [0.25, 0.3) is 22.9 Å². The highest BCUT2D eigenvalue weighted by molar-refractivity contribution is 6.36. The number of rotatable bonds is 3. The highest BCUT2D eigenvalue weighted by Gasteiger charge is 2.18. The molecular weight excluding hydrogens is 365 g/mol. The number of hydrogen-bond acceptors (Lipinski definition) is 5. The Morgan fingerprint density at radius 2 is 1.70 bits per heavy atom. The third-order valence-corrected chi connectivity index (χ3v) is 3.84. The first kappa shape index (κ1) is 15.7. The van der Waals surface area contributed by atoms with Crippen LogP contribution in [0.15, 0.2) is 40.8 Å². The molecule has 0 aliphatic rings. The van der Waals surface area contributed by atoms with Crippen LogP contribution < -0.4 is 0 Å². The summed E-state index contributed by atoms with van der Waals surface area (Å²) in [4.78, 5) is 10.3. The maximum atomic E-state index is 10.9. The molecule has 3 aromatic rings. The summed E-state index contributed by atoms with van der Waals surface area (Å²) in [5.74, 6) is 0.296. The normalized spacial score (nSPS) is 10.7. The summed E-state index contributed by atoms with van der Waals surface area (Å²) in [5.41, 5.74) is 0.650. The summed E-state index contributed by atoms with van der Waals surface area (Å²) in [6, 6.07) is 9.05. The standard InChI is InChI=1S/C14H6Cl3N3O3/c15-8-2-3-9(11(17)6-8)14-19-18-13(23-14)7-1-4-10(16)12(5-7)20(21)22/h1-6H. The Hall–Kier alpha value is -2.15. The Bertz CT molecular complexity index is 911. The molecule has 0 unspecified atom stereocenters. The predicted octanol–water partition coefficient (Wildman–Crippen LogP) is 5.27. The lowest BCUT2D eigenvalue weighted by Gasteiger charge is -1.99. The van der Waals surface area contributed by atoms with E-state index >= 15 is 0 Å². The van der Waals surface area contributed by atoms with Crippen LogP contribution >= 0.6 is 34.8 Å². The van der Waals surface area contributed by atoms with E-state index in [0.717, 1.165) is 0 Å². The fourth-order valence-corrected chi connectivity index (χ4v) is 2.57. The fourth-order valence-electron chi connectivity index (χ4n) is 1.90. The molecule has 1 heterocycles. The topological polar surface area (TPSA) is 82.1 Å². The minimum atomic E-state index is -0.584. The Morgan fingerprint density at radius 1 is 0.957 bits per heavy atom. The van der Waals surface area contributed by atoms with E-state index in [2.05, 4.69) is 10.2 Å². The van der Waals surface area contributed by atoms with Gasteiger partial charge in [-0.1, -0.05) is 34.8 Å². The minimum Gasteiger partial charge on any atom is -0.416 e. The molecular formula is C14H6Cl3N3O3. The molecule has 0 radical (unpaired) electrons. The smallest absolute Gasteiger partial charge is 0.288 e. The van der Waals surface area contributed by atoms with E-state index in [-0.39, 0.29) is 22.5 Å². The first-order valence-electron chi connectivity index (χ1n) is 6.19. The van der Waals surface area contributed by atoms with E-state index in [1.54, 1.807) is 24.3 Å². The van der Waals surface area contributed by atoms with E-state index in [4.69, 9.17) is 39.2 Å². The summed E-state index contributed by atoms with van der Waals surface area (Å²) >= 11 is 17.7. The van der Waals surface area contributed by atoms with E-state index in [1.165, 1.54) is 12.1 Å². The third kappa shape index (κ3) is 3.14. The molecule has 1 aromatic heterocycles. The van der Waals surface area contributed by atoms with Crippen molar-refractivity contribution >= 4 is 40.5 Å². The summed E-state index contributed by atoms with van der Waals surface area (Å²) in [7, 11) is 0. The molecule has 0 atom stereocenters. The summed E-state index contributed by atoms with van der Waals surface area (Å²) in [6.45, 7) is 0. The number of hydrogen-bond donors (Lipinski definition) is 0. The van der Waals surface area contributed by atoms with Gasteiger partial charge in [0.2, 0.25) is 11.8 Å². The van der Waals surface area contributed by atoms with Gasteiger partial charge in [0.15, 0.2) is 0 Å². The van der Waals surface area contributed by atoms with Crippen molar-refractivity contribution in [3.8, 4) is 22.9 Å². The van der Waals surface area contributed by atoms with Crippen molar-refractivity contribution in [1.82, 2.24) is 10.2 Å². The zero-order valence-corrected chi connectivity index (χ0v) is 13.4. The van der Waals surface area contributed by atoms with Crippen LogP contribution in [-0.2, 0) is 0 Å². The van der Waals surface area contributed by atoms with E-state index in [1.807, 2.05) is 0 Å². The maximum absolute atomic E-state index is 10.9. The van der Waals surface area contributed by atoms with Gasteiger partial charge in [-0.2, -0.15) is 0 Å². The van der Waals surface area contributed by atoms with Crippen molar-refractivity contribution in [2.24, 2.45) is 0 Å². The maximum Gasteiger partial charge on any atom is 0.288 e. The molecule has 0 amide bonds. The molecule has 6 nitrogen and oxygen atoms in total. The van der Waals surface area contributed by atoms with Crippen molar-refractivity contribution in [3.63, 3.8) is 0 Å². The van der Waals surface area contributed by atoms with Crippen LogP contribution in [-0.4, -0.2) is 15.1 Å². The quantitative estimate of drug-likeness (QED) is 0.463. The molecule has 0 aliphatic carbocycles. The Kier molecular flexibility index (Phi) is 4.21. The van der Waals surface area contributed by atoms with Gasteiger partial charge >= 0.3 is 0 Å². The second-order valence-electron chi connectivity index (χ2n) is 4.46. The molecule has 9 heteroatoms. The van der Waals surface area contributed by atoms with Crippen LogP contribution in [0.5, 0.6) is 0 Å².